The Morgan fingerprint density at radius 2 is 2.00 bits per heavy atom. The van der Waals surface area contributed by atoms with Crippen molar-refractivity contribution in [1.82, 2.24) is 10.2 Å². The predicted octanol–water partition coefficient (Wildman–Crippen LogP) is 1.35. The van der Waals surface area contributed by atoms with Gasteiger partial charge in [-0.3, -0.25) is 19.7 Å². The van der Waals surface area contributed by atoms with E-state index in [1.54, 1.807) is 5.32 Å². The molecule has 0 saturated heterocycles. The summed E-state index contributed by atoms with van der Waals surface area (Å²) in [5, 5.41) is 12.2. The second kappa shape index (κ2) is 6.87. The lowest BCUT2D eigenvalue weighted by Gasteiger charge is -2.17. The van der Waals surface area contributed by atoms with Gasteiger partial charge in [-0.25, -0.2) is 0 Å². The van der Waals surface area contributed by atoms with E-state index in [9.17, 15) is 32.9 Å². The number of benzene rings is 1. The van der Waals surface area contributed by atoms with Crippen LogP contribution in [-0.2, 0) is 4.79 Å². The Morgan fingerprint density at radius 1 is 1.36 bits per heavy atom. The Morgan fingerprint density at radius 3 is 2.55 bits per heavy atom. The number of nitro groups is 1. The maximum Gasteiger partial charge on any atom is 0.405 e. The number of likely N-dealkylation sites (N-methyl/N-ethyl adjacent to an activating group) is 1. The summed E-state index contributed by atoms with van der Waals surface area (Å²) in [6.07, 6.45) is -4.54. The van der Waals surface area contributed by atoms with E-state index >= 15 is 0 Å². The van der Waals surface area contributed by atoms with Crippen molar-refractivity contribution < 1.29 is 27.7 Å². The molecule has 120 valence electrons. The van der Waals surface area contributed by atoms with Gasteiger partial charge in [-0.15, -0.1) is 0 Å². The zero-order chi connectivity index (χ0) is 16.9. The first kappa shape index (κ1) is 17.4. The van der Waals surface area contributed by atoms with Crippen LogP contribution in [0.15, 0.2) is 24.3 Å². The van der Waals surface area contributed by atoms with Gasteiger partial charge in [0.2, 0.25) is 5.91 Å². The molecule has 0 aromatic heterocycles. The highest BCUT2D eigenvalue weighted by Gasteiger charge is 2.28. The summed E-state index contributed by atoms with van der Waals surface area (Å²) in [5.41, 5.74) is -0.346. The normalized spacial score (nSPS) is 10.9. The number of rotatable bonds is 5. The van der Waals surface area contributed by atoms with Crippen LogP contribution >= 0.6 is 0 Å². The highest BCUT2D eigenvalue weighted by Crippen LogP contribution is 2.14. The van der Waals surface area contributed by atoms with Gasteiger partial charge in [0.05, 0.1) is 11.5 Å². The van der Waals surface area contributed by atoms with Crippen molar-refractivity contribution >= 4 is 17.5 Å². The van der Waals surface area contributed by atoms with Gasteiger partial charge < -0.3 is 10.2 Å². The molecule has 1 aromatic rings. The van der Waals surface area contributed by atoms with Crippen LogP contribution in [0.3, 0.4) is 0 Å². The fourth-order valence-corrected chi connectivity index (χ4v) is 1.51. The van der Waals surface area contributed by atoms with E-state index in [0.717, 1.165) is 11.0 Å². The molecule has 0 bridgehead atoms. The van der Waals surface area contributed by atoms with Gasteiger partial charge in [-0.05, 0) is 6.07 Å². The Labute approximate surface area is 122 Å². The Balaban J connectivity index is 2.67. The molecule has 1 N–H and O–H groups in total. The van der Waals surface area contributed by atoms with Crippen molar-refractivity contribution in [2.75, 3.05) is 20.1 Å². The summed E-state index contributed by atoms with van der Waals surface area (Å²) in [4.78, 5) is 34.0. The van der Waals surface area contributed by atoms with Crippen LogP contribution in [0.1, 0.15) is 10.4 Å². The molecule has 1 aromatic carbocycles. The van der Waals surface area contributed by atoms with Gasteiger partial charge in [0.25, 0.3) is 11.6 Å². The summed E-state index contributed by atoms with van der Waals surface area (Å²) in [6.45, 7) is -2.09. The van der Waals surface area contributed by atoms with Crippen LogP contribution < -0.4 is 5.32 Å². The molecule has 1 rings (SSSR count). The van der Waals surface area contributed by atoms with Gasteiger partial charge in [-0.1, -0.05) is 6.07 Å². The summed E-state index contributed by atoms with van der Waals surface area (Å²) < 4.78 is 35.8. The second-order valence-electron chi connectivity index (χ2n) is 4.36. The van der Waals surface area contributed by atoms with E-state index in [0.29, 0.717) is 0 Å². The standard InChI is InChI=1S/C12H12F3N3O4/c1-17(6-10(19)16-7-12(13,14)15)11(20)8-3-2-4-9(5-8)18(21)22/h2-5H,6-7H2,1H3,(H,16,19). The van der Waals surface area contributed by atoms with Crippen LogP contribution in [0.4, 0.5) is 18.9 Å². The van der Waals surface area contributed by atoms with Crippen LogP contribution in [0.2, 0.25) is 0 Å². The Hall–Kier alpha value is -2.65. The molecule has 0 fully saturated rings. The van der Waals surface area contributed by atoms with Crippen molar-refractivity contribution in [3.63, 3.8) is 0 Å². The van der Waals surface area contributed by atoms with Crippen LogP contribution in [-0.4, -0.2) is 48.0 Å². The number of hydrogen-bond acceptors (Lipinski definition) is 4. The molecule has 0 aliphatic carbocycles. The molecular formula is C12H12F3N3O4. The molecule has 0 spiro atoms. The van der Waals surface area contributed by atoms with Crippen molar-refractivity contribution in [2.24, 2.45) is 0 Å². The van der Waals surface area contributed by atoms with E-state index in [1.165, 1.54) is 25.2 Å². The topological polar surface area (TPSA) is 92.6 Å². The molecule has 0 aliphatic heterocycles. The fourth-order valence-electron chi connectivity index (χ4n) is 1.51. The lowest BCUT2D eigenvalue weighted by Crippen LogP contribution is -2.41. The molecule has 0 saturated carbocycles. The van der Waals surface area contributed by atoms with Gasteiger partial charge in [-0.2, -0.15) is 13.2 Å². The number of carbonyl (C=O) groups is 2. The predicted molar refractivity (Wildman–Crippen MR) is 69.1 cm³/mol. The number of nitrogens with zero attached hydrogens (tertiary/aromatic N) is 2. The zero-order valence-electron chi connectivity index (χ0n) is 11.4. The van der Waals surface area contributed by atoms with E-state index < -0.39 is 36.0 Å². The molecule has 7 nitrogen and oxygen atoms in total. The lowest BCUT2D eigenvalue weighted by atomic mass is 10.2. The third-order valence-corrected chi connectivity index (χ3v) is 2.52. The first-order valence-corrected chi connectivity index (χ1v) is 5.93. The number of non-ortho nitro benzene ring substituents is 1. The summed E-state index contributed by atoms with van der Waals surface area (Å²) >= 11 is 0. The number of amides is 2. The van der Waals surface area contributed by atoms with Crippen molar-refractivity contribution in [2.45, 2.75) is 6.18 Å². The summed E-state index contributed by atoms with van der Waals surface area (Å²) in [7, 11) is 1.20. The van der Waals surface area contributed by atoms with Crippen molar-refractivity contribution in [3.05, 3.63) is 39.9 Å². The lowest BCUT2D eigenvalue weighted by molar-refractivity contribution is -0.384. The molecule has 22 heavy (non-hydrogen) atoms. The minimum atomic E-state index is -4.54. The molecule has 0 atom stereocenters. The first-order valence-electron chi connectivity index (χ1n) is 5.93. The number of halogens is 3. The van der Waals surface area contributed by atoms with E-state index in [1.807, 2.05) is 0 Å². The zero-order valence-corrected chi connectivity index (χ0v) is 11.4. The van der Waals surface area contributed by atoms with E-state index in [-0.39, 0.29) is 11.3 Å². The third kappa shape index (κ3) is 5.38. The number of carbonyl (C=O) groups excluding carboxylic acids is 2. The third-order valence-electron chi connectivity index (χ3n) is 2.52. The number of nitro benzene ring substituents is 1. The van der Waals surface area contributed by atoms with E-state index in [2.05, 4.69) is 0 Å². The second-order valence-corrected chi connectivity index (χ2v) is 4.36. The monoisotopic (exact) mass is 319 g/mol. The van der Waals surface area contributed by atoms with E-state index in [4.69, 9.17) is 0 Å². The smallest absolute Gasteiger partial charge is 0.345 e. The minimum absolute atomic E-state index is 0.0414. The fraction of sp³-hybridized carbons (Fsp3) is 0.333. The maximum absolute atomic E-state index is 12.0. The highest BCUT2D eigenvalue weighted by molar-refractivity contribution is 5.96. The first-order chi connectivity index (χ1) is 10.1. The molecule has 0 radical (unpaired) electrons. The Bertz CT molecular complexity index is 589. The van der Waals surface area contributed by atoms with Gasteiger partial charge in [0.1, 0.15) is 6.54 Å². The molecule has 0 unspecified atom stereocenters. The van der Waals surface area contributed by atoms with Crippen molar-refractivity contribution in [3.8, 4) is 0 Å². The van der Waals surface area contributed by atoms with Gasteiger partial charge >= 0.3 is 6.18 Å². The number of hydrogen-bond donors (Lipinski definition) is 1. The minimum Gasteiger partial charge on any atom is -0.345 e. The summed E-state index contributed by atoms with van der Waals surface area (Å²) in [6, 6.07) is 4.81. The average Bonchev–Trinajstić information content (AvgIpc) is 2.43. The van der Waals surface area contributed by atoms with Gasteiger partial charge in [0.15, 0.2) is 0 Å². The van der Waals surface area contributed by atoms with Crippen LogP contribution in [0.25, 0.3) is 0 Å². The molecular weight excluding hydrogens is 307 g/mol. The summed E-state index contributed by atoms with van der Waals surface area (Å²) in [5.74, 6) is -1.70. The van der Waals surface area contributed by atoms with Crippen LogP contribution in [0.5, 0.6) is 0 Å². The highest BCUT2D eigenvalue weighted by atomic mass is 19.4. The van der Waals surface area contributed by atoms with Gasteiger partial charge in [0, 0.05) is 24.7 Å². The Kier molecular flexibility index (Phi) is 5.44. The SMILES string of the molecule is CN(CC(=O)NCC(F)(F)F)C(=O)c1cccc([N+](=O)[O-])c1. The molecule has 10 heteroatoms. The number of alkyl halides is 3. The number of nitrogens with one attached hydrogen (secondary N) is 1. The average molecular weight is 319 g/mol. The van der Waals surface area contributed by atoms with Crippen LogP contribution in [0, 0.1) is 10.1 Å². The molecule has 0 heterocycles. The van der Waals surface area contributed by atoms with Crippen molar-refractivity contribution in [1.29, 1.82) is 0 Å². The maximum atomic E-state index is 12.0. The largest absolute Gasteiger partial charge is 0.405 e. The molecule has 0 aliphatic rings. The molecule has 2 amide bonds. The quantitative estimate of drug-likeness (QED) is 0.655.